The van der Waals surface area contributed by atoms with Crippen molar-refractivity contribution in [1.82, 2.24) is 0 Å². The third-order valence-electron chi connectivity index (χ3n) is 16.9. The highest BCUT2D eigenvalue weighted by molar-refractivity contribution is 5.02. The van der Waals surface area contributed by atoms with Crippen molar-refractivity contribution in [3.05, 3.63) is 0 Å². The summed E-state index contributed by atoms with van der Waals surface area (Å²) < 4.78 is 91.7. The minimum atomic E-state index is -2.37. The average Bonchev–Trinajstić information content (AvgIpc) is 1.80. The number of ether oxygens (including phenoxy) is 16. The van der Waals surface area contributed by atoms with Crippen LogP contribution in [0.2, 0.25) is 0 Å². The van der Waals surface area contributed by atoms with Crippen LogP contribution in [-0.4, -0.2) is 421 Å². The van der Waals surface area contributed by atoms with Crippen LogP contribution >= 0.6 is 0 Å². The van der Waals surface area contributed by atoms with Gasteiger partial charge < -0.3 is 198 Å². The molecule has 24 fully saturated rings. The lowest BCUT2D eigenvalue weighted by Crippen LogP contribution is -2.69. The van der Waals surface area contributed by atoms with Gasteiger partial charge in [-0.1, -0.05) is 0 Å². The largest absolute Gasteiger partial charge is 0.394 e. The molecule has 24 heterocycles. The Balaban J connectivity index is 1.00. The molecule has 0 amide bonds. The molecule has 24 rings (SSSR count). The molecule has 0 aromatic rings. The average molecular weight is 1300 g/mol. The summed E-state index contributed by atoms with van der Waals surface area (Å²) in [5, 5.41) is 264. The van der Waals surface area contributed by atoms with Gasteiger partial charge in [-0.3, -0.25) is 0 Å². The van der Waals surface area contributed by atoms with Crippen LogP contribution < -0.4 is 0 Å². The minimum absolute atomic E-state index is 0.886. The molecule has 40 atom stereocenters. The van der Waals surface area contributed by atoms with E-state index < -0.39 is 299 Å². The Morgan fingerprint density at radius 1 is 0.205 bits per heavy atom. The predicted molar refractivity (Wildman–Crippen MR) is 261 cm³/mol. The van der Waals surface area contributed by atoms with Gasteiger partial charge >= 0.3 is 0 Å². The van der Waals surface area contributed by atoms with Crippen LogP contribution in [0.15, 0.2) is 0 Å². The molecule has 88 heavy (non-hydrogen) atoms. The molecule has 0 radical (unpaired) electrons. The zero-order chi connectivity index (χ0) is 64.1. The number of aliphatic hydroxyl groups excluding tert-OH is 24. The van der Waals surface area contributed by atoms with E-state index in [0.29, 0.717) is 0 Å². The van der Waals surface area contributed by atoms with E-state index >= 15 is 0 Å². The van der Waals surface area contributed by atoms with Gasteiger partial charge in [-0.25, -0.2) is 0 Å². The summed E-state index contributed by atoms with van der Waals surface area (Å²) in [5.74, 6) is 0. The number of aliphatic hydroxyl groups is 24. The summed E-state index contributed by atoms with van der Waals surface area (Å²) in [4.78, 5) is 0. The number of rotatable bonds is 12. The van der Waals surface area contributed by atoms with Crippen molar-refractivity contribution in [2.24, 2.45) is 0 Å². The summed E-state index contributed by atoms with van der Waals surface area (Å²) in [6.45, 7) is -8.43. The lowest BCUT2D eigenvalue weighted by Gasteiger charge is -2.51. The third kappa shape index (κ3) is 13.9. The van der Waals surface area contributed by atoms with Gasteiger partial charge in [0, 0.05) is 0 Å². The Morgan fingerprint density at radius 2 is 0.455 bits per heavy atom. The second-order valence-electron chi connectivity index (χ2n) is 22.5. The van der Waals surface area contributed by atoms with Crippen molar-refractivity contribution in [3.8, 4) is 0 Å². The van der Waals surface area contributed by atoms with Crippen molar-refractivity contribution in [1.29, 1.82) is 0 Å². The van der Waals surface area contributed by atoms with E-state index in [1.165, 1.54) is 0 Å². The summed E-state index contributed by atoms with van der Waals surface area (Å²) in [6, 6.07) is 0. The molecule has 0 unspecified atom stereocenters. The molecule has 24 N–H and O–H groups in total. The molecule has 0 spiro atoms. The van der Waals surface area contributed by atoms with Gasteiger partial charge in [-0.15, -0.1) is 0 Å². The summed E-state index contributed by atoms with van der Waals surface area (Å²) in [6.07, 6.45) is -82.0. The summed E-state index contributed by atoms with van der Waals surface area (Å²) in [5.41, 5.74) is 0. The van der Waals surface area contributed by atoms with Gasteiger partial charge in [0.25, 0.3) is 0 Å². The van der Waals surface area contributed by atoms with Crippen LogP contribution in [0.1, 0.15) is 0 Å². The number of hydrogen-bond acceptors (Lipinski definition) is 40. The van der Waals surface area contributed by atoms with Gasteiger partial charge in [-0.05, 0) is 0 Å². The van der Waals surface area contributed by atoms with Crippen molar-refractivity contribution in [3.63, 3.8) is 0 Å². The molecule has 24 aliphatic heterocycles. The smallest absolute Gasteiger partial charge is 0.187 e. The molecule has 24 saturated heterocycles. The van der Waals surface area contributed by atoms with Crippen molar-refractivity contribution in [2.45, 2.75) is 246 Å². The Bertz CT molecular complexity index is 2130. The monoisotopic (exact) mass is 1300 g/mol. The fourth-order valence-electron chi connectivity index (χ4n) is 11.8. The van der Waals surface area contributed by atoms with E-state index in [9.17, 15) is 123 Å². The highest BCUT2D eigenvalue weighted by atomic mass is 16.8. The standard InChI is InChI=1S/C48H80O40/c49-1-9-17(56)18(57)26(65)42(74-9)82-34-10(2-50)75-41(27(66)19(34)58)73-8-16-40-25(64)33(72)48(81-16)87-39-15(7-55)79-46(31(70)23(39)62)85-37-13(5-53)77-44(29(68)21(37)60)83-35-11(3-51)76-43(28(67)20(35)59)84-36-12(4-52)78-45(30(69)22(36)61)86-38-14(6-54)80-47(88-40)32(71)24(38)63/h9-72H,1-8H2/t9-,10-,11-,12-,13-,14-,15-,16-,17-,18+,19-,20-,21-,22-,23-,24-,25-,26-,27-,28-,29-,30-,31-,32-,33-,34-,35-,36-,37-,38-,39-,40-,41+,42-,43-,44-,45-,46-,47-,48-/m1/s1. The van der Waals surface area contributed by atoms with Crippen LogP contribution in [0.4, 0.5) is 0 Å². The highest BCUT2D eigenvalue weighted by Crippen LogP contribution is 2.39. The van der Waals surface area contributed by atoms with E-state index in [2.05, 4.69) is 0 Å². The molecule has 512 valence electrons. The molecule has 0 aliphatic carbocycles. The van der Waals surface area contributed by atoms with Gasteiger partial charge in [-0.2, -0.15) is 0 Å². The van der Waals surface area contributed by atoms with Crippen LogP contribution in [0.3, 0.4) is 0 Å². The summed E-state index contributed by atoms with van der Waals surface area (Å²) >= 11 is 0. The fraction of sp³-hybridized carbons (Fsp3) is 1.00. The maximum Gasteiger partial charge on any atom is 0.187 e. The van der Waals surface area contributed by atoms with Gasteiger partial charge in [0.15, 0.2) is 50.3 Å². The Morgan fingerprint density at radius 3 is 0.739 bits per heavy atom. The fourth-order valence-corrected chi connectivity index (χ4v) is 11.8. The lowest BCUT2D eigenvalue weighted by atomic mass is 9.94. The number of hydrogen-bond donors (Lipinski definition) is 24. The molecule has 0 aromatic heterocycles. The molecule has 24 aliphatic rings. The zero-order valence-corrected chi connectivity index (χ0v) is 46.0. The zero-order valence-electron chi connectivity index (χ0n) is 46.0. The van der Waals surface area contributed by atoms with E-state index in [1.807, 2.05) is 0 Å². The quantitative estimate of drug-likeness (QED) is 0.0863. The minimum Gasteiger partial charge on any atom is -0.394 e. The van der Waals surface area contributed by atoms with Crippen LogP contribution in [0.25, 0.3) is 0 Å². The normalized spacial score (nSPS) is 55.1. The maximum atomic E-state index is 11.9. The topological polar surface area (TPSA) is 633 Å². The second kappa shape index (κ2) is 30.0. The van der Waals surface area contributed by atoms with Crippen LogP contribution in [0, 0.1) is 0 Å². The van der Waals surface area contributed by atoms with Crippen LogP contribution in [-0.2, 0) is 75.8 Å². The first-order valence-electron chi connectivity index (χ1n) is 28.1. The van der Waals surface area contributed by atoms with E-state index in [0.717, 1.165) is 0 Å². The van der Waals surface area contributed by atoms with Gasteiger partial charge in [0.2, 0.25) is 0 Å². The molecular weight excluding hydrogens is 1220 g/mol. The van der Waals surface area contributed by atoms with Crippen molar-refractivity contribution in [2.75, 3.05) is 52.9 Å². The Hall–Kier alpha value is -1.60. The molecule has 40 heteroatoms. The van der Waals surface area contributed by atoms with Gasteiger partial charge in [0.1, 0.15) is 195 Å². The Labute approximate surface area is 496 Å². The molecule has 0 saturated carbocycles. The second-order valence-corrected chi connectivity index (χ2v) is 22.5. The van der Waals surface area contributed by atoms with Crippen molar-refractivity contribution >= 4 is 0 Å². The predicted octanol–water partition coefficient (Wildman–Crippen LogP) is -17.4. The SMILES string of the molecule is OC[C@H]1O[C@H](O[C@H]2[C@H](O)[C@@H](O)[C@@H](OC[C@H]3O[C@@H]4O[C@H]5[C@H](O)[C@@H](O)[C@@H](O[C@H]6[C@H](O)[C@@H](O)[C@@H](O[C@H]7[C@H](O)[C@@H](O)[C@@H](O[C@H]8[C@H](O)[C@@H](O)[C@@H](O[C@H]9[C@H](O)[C@@H](O)[C@@H](O[C@H]3[C@H](O)[C@H]4O)O[C@@H]9CO)O[C@@H]8CO)O[C@@H]7CO)O[C@@H]6CO)O[C@@H]5CO)O[C@@H]2CO)[C@H](O)[C@@H](O)[C@@H]1O. The molecular formula is C48H80O40. The highest BCUT2D eigenvalue weighted by Gasteiger charge is 2.60. The van der Waals surface area contributed by atoms with Crippen molar-refractivity contribution < 1.29 is 198 Å². The lowest BCUT2D eigenvalue weighted by molar-refractivity contribution is -0.405. The molecule has 40 nitrogen and oxygen atoms in total. The first kappa shape index (κ1) is 70.7. The Kier molecular flexibility index (Phi) is 24.1. The third-order valence-corrected chi connectivity index (χ3v) is 16.9. The molecule has 0 aromatic carbocycles. The van der Waals surface area contributed by atoms with Gasteiger partial charge in [0.05, 0.1) is 52.9 Å². The first-order valence-corrected chi connectivity index (χ1v) is 28.1. The van der Waals surface area contributed by atoms with Crippen LogP contribution in [0.5, 0.6) is 0 Å². The molecule has 12 bridgehead atoms. The van der Waals surface area contributed by atoms with E-state index in [-0.39, 0.29) is 0 Å². The summed E-state index contributed by atoms with van der Waals surface area (Å²) in [7, 11) is 0. The maximum absolute atomic E-state index is 11.9. The van der Waals surface area contributed by atoms with E-state index in [4.69, 9.17) is 75.8 Å². The van der Waals surface area contributed by atoms with E-state index in [1.54, 1.807) is 0 Å². The first-order chi connectivity index (χ1) is 41.9.